The molecule has 0 fully saturated rings. The molecule has 0 saturated heterocycles. The Morgan fingerprint density at radius 1 is 1.04 bits per heavy atom. The molecule has 0 saturated carbocycles. The van der Waals surface area contributed by atoms with Gasteiger partial charge in [0.15, 0.2) is 0 Å². The molecule has 1 aromatic heterocycles. The Balaban J connectivity index is 1.78. The standard InChI is InChI=1S/C17H14ClN3O3/c18-13-7-3-4-8-14(13)19-15(22)9-10-21-17(24)12-6-2-1-5-11(12)16(23)20-21/h1-8H,9-10H2,(H,19,22)(H,20,23). The van der Waals surface area contributed by atoms with Crippen LogP contribution in [0.1, 0.15) is 6.42 Å². The maximum absolute atomic E-state index is 12.3. The van der Waals surface area contributed by atoms with Crippen LogP contribution in [0.4, 0.5) is 5.69 Å². The number of benzene rings is 2. The van der Waals surface area contributed by atoms with Crippen LogP contribution in [-0.4, -0.2) is 15.7 Å². The van der Waals surface area contributed by atoms with Gasteiger partial charge in [-0.3, -0.25) is 19.5 Å². The molecule has 0 bridgehead atoms. The molecule has 24 heavy (non-hydrogen) atoms. The van der Waals surface area contributed by atoms with Crippen LogP contribution in [0.2, 0.25) is 5.02 Å². The molecule has 0 spiro atoms. The van der Waals surface area contributed by atoms with E-state index in [1.54, 1.807) is 48.5 Å². The number of rotatable bonds is 4. The number of hydrogen-bond donors (Lipinski definition) is 2. The minimum absolute atomic E-state index is 0.0272. The third-order valence-electron chi connectivity index (χ3n) is 3.59. The Morgan fingerprint density at radius 2 is 1.71 bits per heavy atom. The van der Waals surface area contributed by atoms with Gasteiger partial charge in [-0.2, -0.15) is 0 Å². The number of para-hydroxylation sites is 1. The normalized spacial score (nSPS) is 10.7. The van der Waals surface area contributed by atoms with E-state index in [2.05, 4.69) is 10.4 Å². The van der Waals surface area contributed by atoms with E-state index in [9.17, 15) is 14.4 Å². The zero-order valence-electron chi connectivity index (χ0n) is 12.6. The van der Waals surface area contributed by atoms with Crippen LogP contribution in [0.25, 0.3) is 10.8 Å². The second-order valence-corrected chi connectivity index (χ2v) is 5.63. The quantitative estimate of drug-likeness (QED) is 0.762. The van der Waals surface area contributed by atoms with E-state index in [0.717, 1.165) is 4.68 Å². The highest BCUT2D eigenvalue weighted by Gasteiger charge is 2.09. The van der Waals surface area contributed by atoms with Crippen LogP contribution in [0.15, 0.2) is 58.1 Å². The fourth-order valence-electron chi connectivity index (χ4n) is 2.39. The van der Waals surface area contributed by atoms with Crippen molar-refractivity contribution in [2.24, 2.45) is 0 Å². The molecule has 0 radical (unpaired) electrons. The first kappa shape index (κ1) is 16.0. The largest absolute Gasteiger partial charge is 0.325 e. The molecule has 6 nitrogen and oxygen atoms in total. The van der Waals surface area contributed by atoms with Gasteiger partial charge >= 0.3 is 0 Å². The van der Waals surface area contributed by atoms with Crippen molar-refractivity contribution in [3.63, 3.8) is 0 Å². The van der Waals surface area contributed by atoms with E-state index >= 15 is 0 Å². The summed E-state index contributed by atoms with van der Waals surface area (Å²) in [7, 11) is 0. The van der Waals surface area contributed by atoms with E-state index in [4.69, 9.17) is 11.6 Å². The Labute approximate surface area is 141 Å². The third-order valence-corrected chi connectivity index (χ3v) is 3.92. The molecule has 122 valence electrons. The molecular weight excluding hydrogens is 330 g/mol. The van der Waals surface area contributed by atoms with Gasteiger partial charge in [-0.05, 0) is 24.3 Å². The van der Waals surface area contributed by atoms with Crippen LogP contribution in [0.3, 0.4) is 0 Å². The first-order chi connectivity index (χ1) is 11.6. The molecule has 1 amide bonds. The van der Waals surface area contributed by atoms with Crippen molar-refractivity contribution in [3.8, 4) is 0 Å². The highest BCUT2D eigenvalue weighted by atomic mass is 35.5. The lowest BCUT2D eigenvalue weighted by Crippen LogP contribution is -2.31. The lowest BCUT2D eigenvalue weighted by molar-refractivity contribution is -0.116. The summed E-state index contributed by atoms with van der Waals surface area (Å²) in [5.74, 6) is -0.302. The number of fused-ring (bicyclic) bond motifs is 1. The van der Waals surface area contributed by atoms with E-state index in [1.165, 1.54) is 0 Å². The fraction of sp³-hybridized carbons (Fsp3) is 0.118. The first-order valence-electron chi connectivity index (χ1n) is 7.32. The summed E-state index contributed by atoms with van der Waals surface area (Å²) in [6, 6.07) is 13.4. The average Bonchev–Trinajstić information content (AvgIpc) is 2.59. The fourth-order valence-corrected chi connectivity index (χ4v) is 2.58. The molecule has 0 unspecified atom stereocenters. The zero-order chi connectivity index (χ0) is 17.1. The van der Waals surface area contributed by atoms with Gasteiger partial charge in [0, 0.05) is 6.42 Å². The lowest BCUT2D eigenvalue weighted by atomic mass is 10.2. The molecule has 1 heterocycles. The van der Waals surface area contributed by atoms with Crippen LogP contribution in [0, 0.1) is 0 Å². The molecule has 0 aliphatic heterocycles. The number of halogens is 1. The Kier molecular flexibility index (Phi) is 4.48. The molecule has 0 atom stereocenters. The number of H-pyrrole nitrogens is 1. The second-order valence-electron chi connectivity index (χ2n) is 5.22. The van der Waals surface area contributed by atoms with Gasteiger partial charge < -0.3 is 5.32 Å². The van der Waals surface area contributed by atoms with Crippen LogP contribution >= 0.6 is 11.6 Å². The maximum Gasteiger partial charge on any atom is 0.273 e. The summed E-state index contributed by atoms with van der Waals surface area (Å²) in [5, 5.41) is 6.26. The van der Waals surface area contributed by atoms with Gasteiger partial charge in [-0.1, -0.05) is 35.9 Å². The smallest absolute Gasteiger partial charge is 0.273 e. The second kappa shape index (κ2) is 6.72. The van der Waals surface area contributed by atoms with Gasteiger partial charge in [-0.15, -0.1) is 0 Å². The van der Waals surface area contributed by atoms with Crippen molar-refractivity contribution in [1.29, 1.82) is 0 Å². The number of anilines is 1. The monoisotopic (exact) mass is 343 g/mol. The molecular formula is C17H14ClN3O3. The Hall–Kier alpha value is -2.86. The topological polar surface area (TPSA) is 84.0 Å². The average molecular weight is 344 g/mol. The van der Waals surface area contributed by atoms with Crippen LogP contribution in [0.5, 0.6) is 0 Å². The molecule has 3 aromatic rings. The number of aromatic nitrogens is 2. The van der Waals surface area contributed by atoms with Gasteiger partial charge in [0.2, 0.25) is 5.91 Å². The molecule has 0 aliphatic rings. The highest BCUT2D eigenvalue weighted by Crippen LogP contribution is 2.20. The summed E-state index contributed by atoms with van der Waals surface area (Å²) >= 11 is 5.98. The number of carbonyl (C=O) groups is 1. The number of aryl methyl sites for hydroxylation is 1. The number of hydrogen-bond acceptors (Lipinski definition) is 3. The van der Waals surface area contributed by atoms with E-state index in [0.29, 0.717) is 21.5 Å². The Morgan fingerprint density at radius 3 is 2.46 bits per heavy atom. The predicted octanol–water partition coefficient (Wildman–Crippen LogP) is 2.37. The van der Waals surface area contributed by atoms with Gasteiger partial charge in [-0.25, -0.2) is 4.68 Å². The number of aromatic amines is 1. The van der Waals surface area contributed by atoms with Crippen molar-refractivity contribution in [2.75, 3.05) is 5.32 Å². The number of nitrogens with zero attached hydrogens (tertiary/aromatic N) is 1. The van der Waals surface area contributed by atoms with Crippen molar-refractivity contribution in [3.05, 3.63) is 74.3 Å². The Bertz CT molecular complexity index is 1020. The molecule has 3 rings (SSSR count). The van der Waals surface area contributed by atoms with Crippen molar-refractivity contribution < 1.29 is 4.79 Å². The summed E-state index contributed by atoms with van der Waals surface area (Å²) in [4.78, 5) is 36.4. The highest BCUT2D eigenvalue weighted by molar-refractivity contribution is 6.33. The number of amides is 1. The molecule has 0 aliphatic carbocycles. The molecule has 2 N–H and O–H groups in total. The van der Waals surface area contributed by atoms with Crippen LogP contribution in [-0.2, 0) is 11.3 Å². The van der Waals surface area contributed by atoms with Crippen molar-refractivity contribution in [2.45, 2.75) is 13.0 Å². The van der Waals surface area contributed by atoms with Crippen molar-refractivity contribution >= 4 is 34.0 Å². The van der Waals surface area contributed by atoms with Crippen LogP contribution < -0.4 is 16.4 Å². The van der Waals surface area contributed by atoms with Gasteiger partial charge in [0.1, 0.15) is 0 Å². The van der Waals surface area contributed by atoms with E-state index in [1.807, 2.05) is 0 Å². The SMILES string of the molecule is O=C(CCn1[nH]c(=O)c2ccccc2c1=O)Nc1ccccc1Cl. The van der Waals surface area contributed by atoms with Gasteiger partial charge in [0.25, 0.3) is 11.1 Å². The molecule has 2 aromatic carbocycles. The minimum atomic E-state index is -0.364. The zero-order valence-corrected chi connectivity index (χ0v) is 13.3. The maximum atomic E-state index is 12.3. The van der Waals surface area contributed by atoms with Gasteiger partial charge in [0.05, 0.1) is 28.0 Å². The first-order valence-corrected chi connectivity index (χ1v) is 7.70. The van der Waals surface area contributed by atoms with E-state index < -0.39 is 0 Å². The van der Waals surface area contributed by atoms with E-state index in [-0.39, 0.29) is 30.0 Å². The molecule has 7 heteroatoms. The third kappa shape index (κ3) is 3.23. The summed E-state index contributed by atoms with van der Waals surface area (Å²) in [6.07, 6.45) is 0.0272. The number of nitrogens with one attached hydrogen (secondary N) is 2. The number of carbonyl (C=O) groups excluding carboxylic acids is 1. The van der Waals surface area contributed by atoms with Crippen molar-refractivity contribution in [1.82, 2.24) is 9.78 Å². The summed E-state index contributed by atoms with van der Waals surface area (Å²) in [6.45, 7) is 0.0647. The summed E-state index contributed by atoms with van der Waals surface area (Å²) in [5.41, 5.74) is -0.198. The summed E-state index contributed by atoms with van der Waals surface area (Å²) < 4.78 is 1.15. The minimum Gasteiger partial charge on any atom is -0.325 e. The lowest BCUT2D eigenvalue weighted by Gasteiger charge is -2.09. The predicted molar refractivity (Wildman–Crippen MR) is 93.5 cm³/mol.